The maximum absolute atomic E-state index is 12.2. The summed E-state index contributed by atoms with van der Waals surface area (Å²) < 4.78 is 0. The fourth-order valence-electron chi connectivity index (χ4n) is 1.99. The Morgan fingerprint density at radius 2 is 1.58 bits per heavy atom. The molecule has 0 heterocycles. The Morgan fingerprint density at radius 3 is 1.92 bits per heavy atom. The molecule has 0 fully saturated rings. The molecular weight excluding hydrogens is 322 g/mol. The molecule has 1 rings (SSSR count). The number of rotatable bonds is 6. The van der Waals surface area contributed by atoms with Crippen molar-refractivity contribution >= 4 is 23.3 Å². The van der Waals surface area contributed by atoms with Gasteiger partial charge in [-0.3, -0.25) is 25.0 Å². The second-order valence-electron chi connectivity index (χ2n) is 6.38. The van der Waals surface area contributed by atoms with E-state index in [-0.39, 0.29) is 12.0 Å². The normalized spacial score (nSPS) is 12.3. The Labute approximate surface area is 136 Å². The predicted octanol–water partition coefficient (Wildman–Crippen LogP) is 2.12. The molecule has 0 bridgehead atoms. The number of nitro groups is 2. The zero-order valence-corrected chi connectivity index (χ0v) is 13.3. The van der Waals surface area contributed by atoms with Crippen LogP contribution in [-0.2, 0) is 4.79 Å². The Bertz CT molecular complexity index is 662. The molecule has 0 aromatic heterocycles. The van der Waals surface area contributed by atoms with Crippen LogP contribution >= 0.6 is 0 Å². The Balaban J connectivity index is 3.15. The number of carboxylic acids is 1. The van der Waals surface area contributed by atoms with E-state index in [9.17, 15) is 34.9 Å². The third kappa shape index (κ3) is 5.30. The molecule has 130 valence electrons. The van der Waals surface area contributed by atoms with Crippen LogP contribution in [0.3, 0.4) is 0 Å². The maximum atomic E-state index is 12.2. The standard InChI is InChI=1S/C14H17N3O7/c1-14(2,3)7-11(13(19)20)15-12(18)8-4-9(16(21)22)6-10(5-8)17(23)24/h4-6,11H,7H2,1-3H3,(H,15,18)(H,19,20)/t11-/m1/s1. The van der Waals surface area contributed by atoms with Crippen LogP contribution in [0.2, 0.25) is 0 Å². The summed E-state index contributed by atoms with van der Waals surface area (Å²) in [6.45, 7) is 5.36. The minimum Gasteiger partial charge on any atom is -0.480 e. The van der Waals surface area contributed by atoms with E-state index in [0.717, 1.165) is 18.2 Å². The van der Waals surface area contributed by atoms with E-state index in [2.05, 4.69) is 5.32 Å². The number of nitro benzene ring substituents is 2. The monoisotopic (exact) mass is 339 g/mol. The number of nitrogens with zero attached hydrogens (tertiary/aromatic N) is 2. The van der Waals surface area contributed by atoms with E-state index in [4.69, 9.17) is 0 Å². The van der Waals surface area contributed by atoms with Crippen LogP contribution in [0.5, 0.6) is 0 Å². The van der Waals surface area contributed by atoms with Crippen molar-refractivity contribution in [2.75, 3.05) is 0 Å². The van der Waals surface area contributed by atoms with E-state index in [1.165, 1.54) is 0 Å². The van der Waals surface area contributed by atoms with Gasteiger partial charge in [-0.1, -0.05) is 20.8 Å². The highest BCUT2D eigenvalue weighted by molar-refractivity contribution is 5.97. The van der Waals surface area contributed by atoms with Crippen molar-refractivity contribution in [3.05, 3.63) is 44.0 Å². The van der Waals surface area contributed by atoms with Crippen LogP contribution in [0.1, 0.15) is 37.6 Å². The van der Waals surface area contributed by atoms with Crippen molar-refractivity contribution in [1.29, 1.82) is 0 Å². The zero-order chi connectivity index (χ0) is 18.7. The third-order valence-electron chi connectivity index (χ3n) is 3.01. The lowest BCUT2D eigenvalue weighted by Crippen LogP contribution is -2.43. The van der Waals surface area contributed by atoms with Gasteiger partial charge in [0.25, 0.3) is 17.3 Å². The van der Waals surface area contributed by atoms with Gasteiger partial charge in [-0.25, -0.2) is 4.79 Å². The summed E-state index contributed by atoms with van der Waals surface area (Å²) in [4.78, 5) is 43.4. The number of nitrogens with one attached hydrogen (secondary N) is 1. The molecule has 0 aliphatic heterocycles. The lowest BCUT2D eigenvalue weighted by molar-refractivity contribution is -0.394. The number of carboxylic acid groups (broad SMARTS) is 1. The van der Waals surface area contributed by atoms with Crippen LogP contribution in [0.15, 0.2) is 18.2 Å². The summed E-state index contributed by atoms with van der Waals surface area (Å²) in [6, 6.07) is 1.22. The molecule has 0 aliphatic rings. The van der Waals surface area contributed by atoms with Gasteiger partial charge in [0.1, 0.15) is 6.04 Å². The smallest absolute Gasteiger partial charge is 0.326 e. The van der Waals surface area contributed by atoms with Gasteiger partial charge in [0, 0.05) is 12.1 Å². The maximum Gasteiger partial charge on any atom is 0.326 e. The first kappa shape index (κ1) is 19.0. The van der Waals surface area contributed by atoms with Crippen LogP contribution in [0.25, 0.3) is 0 Å². The Kier molecular flexibility index (Phi) is 5.56. The van der Waals surface area contributed by atoms with Crippen molar-refractivity contribution in [3.8, 4) is 0 Å². The summed E-state index contributed by atoms with van der Waals surface area (Å²) >= 11 is 0. The van der Waals surface area contributed by atoms with Crippen LogP contribution in [-0.4, -0.2) is 32.9 Å². The third-order valence-corrected chi connectivity index (χ3v) is 3.01. The number of carbonyl (C=O) groups excluding carboxylic acids is 1. The SMILES string of the molecule is CC(C)(C)C[C@@H](NC(=O)c1cc([N+](=O)[O-])cc([N+](=O)[O-])c1)C(=O)O. The highest BCUT2D eigenvalue weighted by Gasteiger charge is 2.28. The molecule has 24 heavy (non-hydrogen) atoms. The lowest BCUT2D eigenvalue weighted by atomic mass is 9.88. The van der Waals surface area contributed by atoms with Crippen molar-refractivity contribution in [1.82, 2.24) is 5.32 Å². The molecule has 10 heteroatoms. The van der Waals surface area contributed by atoms with Crippen molar-refractivity contribution in [3.63, 3.8) is 0 Å². The predicted molar refractivity (Wildman–Crippen MR) is 82.7 cm³/mol. The topological polar surface area (TPSA) is 153 Å². The first-order valence-corrected chi connectivity index (χ1v) is 6.88. The summed E-state index contributed by atoms with van der Waals surface area (Å²) in [5, 5.41) is 33.1. The number of benzene rings is 1. The second-order valence-corrected chi connectivity index (χ2v) is 6.38. The minimum absolute atomic E-state index is 0.116. The molecule has 1 atom stereocenters. The first-order valence-electron chi connectivity index (χ1n) is 6.88. The van der Waals surface area contributed by atoms with Gasteiger partial charge in [-0.05, 0) is 11.8 Å². The zero-order valence-electron chi connectivity index (χ0n) is 13.3. The lowest BCUT2D eigenvalue weighted by Gasteiger charge is -2.23. The molecule has 0 aliphatic carbocycles. The van der Waals surface area contributed by atoms with Gasteiger partial charge >= 0.3 is 5.97 Å². The summed E-state index contributed by atoms with van der Waals surface area (Å²) in [5.41, 5.74) is -2.00. The molecule has 1 amide bonds. The van der Waals surface area contributed by atoms with E-state index < -0.39 is 44.6 Å². The fourth-order valence-corrected chi connectivity index (χ4v) is 1.99. The summed E-state index contributed by atoms with van der Waals surface area (Å²) in [5.74, 6) is -2.20. The van der Waals surface area contributed by atoms with E-state index in [1.54, 1.807) is 20.8 Å². The van der Waals surface area contributed by atoms with Crippen LogP contribution in [0.4, 0.5) is 11.4 Å². The average molecular weight is 339 g/mol. The molecule has 10 nitrogen and oxygen atoms in total. The molecule has 0 radical (unpaired) electrons. The van der Waals surface area contributed by atoms with Crippen molar-refractivity contribution in [2.24, 2.45) is 5.41 Å². The van der Waals surface area contributed by atoms with Gasteiger partial charge in [0.15, 0.2) is 0 Å². The number of hydrogen-bond donors (Lipinski definition) is 2. The highest BCUT2D eigenvalue weighted by atomic mass is 16.6. The first-order chi connectivity index (χ1) is 10.9. The molecule has 1 aromatic carbocycles. The average Bonchev–Trinajstić information content (AvgIpc) is 2.44. The Morgan fingerprint density at radius 1 is 1.12 bits per heavy atom. The number of non-ortho nitro benzene ring substituents is 2. The quantitative estimate of drug-likeness (QED) is 0.594. The van der Waals surface area contributed by atoms with Crippen molar-refractivity contribution in [2.45, 2.75) is 33.2 Å². The Hall–Kier alpha value is -3.04. The number of aliphatic carboxylic acids is 1. The molecule has 0 spiro atoms. The van der Waals surface area contributed by atoms with Gasteiger partial charge in [0.05, 0.1) is 21.5 Å². The van der Waals surface area contributed by atoms with E-state index in [1.807, 2.05) is 0 Å². The van der Waals surface area contributed by atoms with Gasteiger partial charge < -0.3 is 10.4 Å². The molecular formula is C14H17N3O7. The molecule has 0 saturated carbocycles. The molecule has 1 aromatic rings. The molecule has 0 saturated heterocycles. The number of hydrogen-bond acceptors (Lipinski definition) is 6. The van der Waals surface area contributed by atoms with Crippen molar-refractivity contribution < 1.29 is 24.5 Å². The van der Waals surface area contributed by atoms with E-state index >= 15 is 0 Å². The van der Waals surface area contributed by atoms with E-state index in [0.29, 0.717) is 0 Å². The molecule has 2 N–H and O–H groups in total. The molecule has 0 unspecified atom stereocenters. The number of amides is 1. The second kappa shape index (κ2) is 7.02. The highest BCUT2D eigenvalue weighted by Crippen LogP contribution is 2.24. The number of carbonyl (C=O) groups is 2. The minimum atomic E-state index is -1.27. The summed E-state index contributed by atoms with van der Waals surface area (Å²) in [6.07, 6.45) is 0.116. The van der Waals surface area contributed by atoms with Crippen LogP contribution < -0.4 is 5.32 Å². The van der Waals surface area contributed by atoms with Gasteiger partial charge in [-0.15, -0.1) is 0 Å². The summed E-state index contributed by atoms with van der Waals surface area (Å²) in [7, 11) is 0. The van der Waals surface area contributed by atoms with Crippen LogP contribution in [0, 0.1) is 25.6 Å². The fraction of sp³-hybridized carbons (Fsp3) is 0.429. The van der Waals surface area contributed by atoms with Gasteiger partial charge in [-0.2, -0.15) is 0 Å². The van der Waals surface area contributed by atoms with Gasteiger partial charge in [0.2, 0.25) is 0 Å². The largest absolute Gasteiger partial charge is 0.480 e.